The number of aliphatic hydroxyl groups excluding tert-OH is 4. The highest BCUT2D eigenvalue weighted by molar-refractivity contribution is 7.47. The first-order valence-electron chi connectivity index (χ1n) is 23.0. The quantitative estimate of drug-likeness (QED) is 0.0170. The summed E-state index contributed by atoms with van der Waals surface area (Å²) in [6, 6.07) is 0. The molecular formula is C46H81O13P. The van der Waals surface area contributed by atoms with Crippen molar-refractivity contribution in [2.45, 2.75) is 199 Å². The minimum absolute atomic E-state index is 0.0182. The minimum atomic E-state index is -4.69. The molecule has 60 heavy (non-hydrogen) atoms. The van der Waals surface area contributed by atoms with Gasteiger partial charge in [-0.15, -0.1) is 0 Å². The number of unbranched alkanes of at least 4 members (excludes halogenated alkanes) is 16. The average Bonchev–Trinajstić information content (AvgIpc) is 3.49. The number of phosphoric acid groups is 1. The van der Waals surface area contributed by atoms with Gasteiger partial charge in [0.1, 0.15) is 18.5 Å². The summed E-state index contributed by atoms with van der Waals surface area (Å²) < 4.78 is 32.7. The number of Topliss-reactive ketones (excluding diaryl/α,β-unsaturated/α-hetero) is 1. The largest absolute Gasteiger partial charge is 0.472 e. The fraction of sp³-hybridized carbons (Fsp3) is 0.804. The van der Waals surface area contributed by atoms with E-state index in [9.17, 15) is 39.2 Å². The summed E-state index contributed by atoms with van der Waals surface area (Å²) in [5, 5.41) is 39.1. The highest BCUT2D eigenvalue weighted by Crippen LogP contribution is 2.43. The standard InChI is InChI=1S/C46H81O13P/c1-3-5-7-8-9-10-11-12-13-14-15-16-17-18-19-20-26-30-46(53)59-40(37-58-60(54,55)57-35-39(49)34-47)36-56-45(52)29-25-22-21-24-28-41-42(44(51)33-43(41)50)32-31-38(48)27-23-6-4-2/h12-13,21,24,31-32,38-42,44,47-49,51H,3-11,14-20,22-23,25-30,33-37H2,1-2H3,(H,54,55)/b13-12-,24-21-,32-31+/t38-,39-,40+,41+,42+,44+/m0/s1. The van der Waals surface area contributed by atoms with Crippen molar-refractivity contribution in [2.24, 2.45) is 11.8 Å². The fourth-order valence-corrected chi connectivity index (χ4v) is 7.76. The predicted molar refractivity (Wildman–Crippen MR) is 234 cm³/mol. The Balaban J connectivity index is 2.44. The third kappa shape index (κ3) is 29.9. The molecule has 0 aromatic rings. The monoisotopic (exact) mass is 873 g/mol. The molecule has 0 spiro atoms. The van der Waals surface area contributed by atoms with Crippen LogP contribution in [0.3, 0.4) is 0 Å². The smallest absolute Gasteiger partial charge is 0.462 e. The molecule has 14 heteroatoms. The van der Waals surface area contributed by atoms with E-state index in [1.54, 1.807) is 12.2 Å². The van der Waals surface area contributed by atoms with Gasteiger partial charge in [0.15, 0.2) is 6.10 Å². The number of rotatable bonds is 39. The van der Waals surface area contributed by atoms with Gasteiger partial charge in [-0.1, -0.05) is 134 Å². The average molecular weight is 873 g/mol. The van der Waals surface area contributed by atoms with Gasteiger partial charge in [-0.2, -0.15) is 0 Å². The molecule has 0 bridgehead atoms. The summed E-state index contributed by atoms with van der Waals surface area (Å²) in [4.78, 5) is 47.8. The molecule has 1 aliphatic carbocycles. The third-order valence-electron chi connectivity index (χ3n) is 10.6. The highest BCUT2D eigenvalue weighted by atomic mass is 31.2. The summed E-state index contributed by atoms with van der Waals surface area (Å²) in [6.45, 7) is 1.97. The van der Waals surface area contributed by atoms with Crippen LogP contribution in [0.5, 0.6) is 0 Å². The lowest BCUT2D eigenvalue weighted by Crippen LogP contribution is -2.29. The lowest BCUT2D eigenvalue weighted by Gasteiger charge is -2.20. The van der Waals surface area contributed by atoms with Crippen molar-refractivity contribution in [1.82, 2.24) is 0 Å². The number of phosphoric ester groups is 1. The molecule has 0 saturated heterocycles. The maximum Gasteiger partial charge on any atom is 0.472 e. The van der Waals surface area contributed by atoms with E-state index in [1.165, 1.54) is 57.8 Å². The summed E-state index contributed by atoms with van der Waals surface area (Å²) in [6.07, 6.45) is 30.4. The van der Waals surface area contributed by atoms with Gasteiger partial charge in [-0.3, -0.25) is 23.4 Å². The summed E-state index contributed by atoms with van der Waals surface area (Å²) in [7, 11) is -4.69. The lowest BCUT2D eigenvalue weighted by atomic mass is 9.90. The van der Waals surface area contributed by atoms with E-state index in [4.69, 9.17) is 19.1 Å². The van der Waals surface area contributed by atoms with E-state index in [2.05, 4.69) is 30.5 Å². The van der Waals surface area contributed by atoms with Crippen LogP contribution in [0.1, 0.15) is 174 Å². The first kappa shape index (κ1) is 55.8. The number of aliphatic hydroxyl groups is 4. The predicted octanol–water partition coefficient (Wildman–Crippen LogP) is 8.93. The Morgan fingerprint density at radius 2 is 1.28 bits per heavy atom. The van der Waals surface area contributed by atoms with Crippen LogP contribution in [0.4, 0.5) is 0 Å². The molecule has 1 fully saturated rings. The molecule has 348 valence electrons. The van der Waals surface area contributed by atoms with Gasteiger partial charge in [-0.25, -0.2) is 4.57 Å². The molecule has 1 unspecified atom stereocenters. The number of ketones is 1. The zero-order chi connectivity index (χ0) is 44.3. The van der Waals surface area contributed by atoms with E-state index in [1.807, 2.05) is 12.2 Å². The molecule has 0 aromatic carbocycles. The van der Waals surface area contributed by atoms with E-state index < -0.39 is 70.6 Å². The van der Waals surface area contributed by atoms with Crippen LogP contribution in [0.15, 0.2) is 36.5 Å². The van der Waals surface area contributed by atoms with Crippen LogP contribution in [-0.4, -0.2) is 93.9 Å². The Morgan fingerprint density at radius 1 is 0.733 bits per heavy atom. The van der Waals surface area contributed by atoms with Crippen molar-refractivity contribution < 1.29 is 62.8 Å². The second kappa shape index (κ2) is 36.3. The van der Waals surface area contributed by atoms with Crippen LogP contribution >= 0.6 is 7.82 Å². The van der Waals surface area contributed by atoms with Crippen LogP contribution < -0.4 is 0 Å². The number of allylic oxidation sites excluding steroid dienone is 4. The zero-order valence-electron chi connectivity index (χ0n) is 36.9. The van der Waals surface area contributed by atoms with E-state index >= 15 is 0 Å². The molecule has 13 nitrogen and oxygen atoms in total. The summed E-state index contributed by atoms with van der Waals surface area (Å²) >= 11 is 0. The molecular weight excluding hydrogens is 791 g/mol. The Kier molecular flexibility index (Phi) is 33.7. The maximum absolute atomic E-state index is 12.7. The Bertz CT molecular complexity index is 1250. The third-order valence-corrected chi connectivity index (χ3v) is 11.6. The fourth-order valence-electron chi connectivity index (χ4n) is 6.97. The van der Waals surface area contributed by atoms with Crippen LogP contribution in [-0.2, 0) is 37.5 Å². The lowest BCUT2D eigenvalue weighted by molar-refractivity contribution is -0.161. The molecule has 0 amide bonds. The molecule has 0 aromatic heterocycles. The Hall–Kier alpha value is -2.22. The molecule has 0 aliphatic heterocycles. The van der Waals surface area contributed by atoms with Gasteiger partial charge in [-0.05, 0) is 57.8 Å². The topological polar surface area (TPSA) is 206 Å². The Labute approximate surface area is 361 Å². The van der Waals surface area contributed by atoms with Crippen molar-refractivity contribution in [1.29, 1.82) is 0 Å². The number of hydrogen-bond acceptors (Lipinski definition) is 12. The first-order chi connectivity index (χ1) is 28.9. The maximum atomic E-state index is 12.7. The Morgan fingerprint density at radius 3 is 1.93 bits per heavy atom. The summed E-state index contributed by atoms with van der Waals surface area (Å²) in [5.41, 5.74) is 0. The number of carbonyl (C=O) groups excluding carboxylic acids is 3. The first-order valence-corrected chi connectivity index (χ1v) is 24.5. The molecule has 1 saturated carbocycles. The van der Waals surface area contributed by atoms with Gasteiger partial charge in [0.2, 0.25) is 0 Å². The summed E-state index contributed by atoms with van der Waals surface area (Å²) in [5.74, 6) is -1.89. The molecule has 0 radical (unpaired) electrons. The van der Waals surface area contributed by atoms with Crippen molar-refractivity contribution >= 4 is 25.5 Å². The molecule has 1 aliphatic rings. The zero-order valence-corrected chi connectivity index (χ0v) is 37.8. The number of hydrogen-bond donors (Lipinski definition) is 5. The molecule has 1 rings (SSSR count). The molecule has 5 N–H and O–H groups in total. The number of ether oxygens (including phenoxy) is 2. The minimum Gasteiger partial charge on any atom is -0.462 e. The van der Waals surface area contributed by atoms with Gasteiger partial charge in [0, 0.05) is 31.1 Å². The molecule has 0 heterocycles. The van der Waals surface area contributed by atoms with E-state index in [-0.39, 0.29) is 36.9 Å². The van der Waals surface area contributed by atoms with Crippen molar-refractivity contribution in [3.63, 3.8) is 0 Å². The van der Waals surface area contributed by atoms with Gasteiger partial charge in [0.25, 0.3) is 0 Å². The molecule has 7 atom stereocenters. The normalized spacial score (nSPS) is 19.6. The van der Waals surface area contributed by atoms with Crippen LogP contribution in [0.25, 0.3) is 0 Å². The number of carbonyl (C=O) groups is 3. The SMILES string of the molecule is CCCCCCCC/C=C\CCCCCCCCCC(=O)O[C@H](COC(=O)CCC/C=C\C[C@H]1C(=O)C[C@@H](O)[C@@H]1/C=C/[C@@H](O)CCCCC)COP(=O)(O)OC[C@@H](O)CO. The van der Waals surface area contributed by atoms with Gasteiger partial charge >= 0.3 is 19.8 Å². The van der Waals surface area contributed by atoms with Crippen LogP contribution in [0.2, 0.25) is 0 Å². The van der Waals surface area contributed by atoms with Gasteiger partial charge in [0.05, 0.1) is 32.0 Å². The van der Waals surface area contributed by atoms with E-state index in [0.717, 1.165) is 51.4 Å². The van der Waals surface area contributed by atoms with E-state index in [0.29, 0.717) is 32.1 Å². The van der Waals surface area contributed by atoms with Crippen molar-refractivity contribution in [3.05, 3.63) is 36.5 Å². The highest BCUT2D eigenvalue weighted by Gasteiger charge is 2.39. The van der Waals surface area contributed by atoms with Crippen molar-refractivity contribution in [3.8, 4) is 0 Å². The van der Waals surface area contributed by atoms with Crippen molar-refractivity contribution in [2.75, 3.05) is 26.4 Å². The second-order valence-electron chi connectivity index (χ2n) is 16.2. The van der Waals surface area contributed by atoms with Gasteiger partial charge < -0.3 is 34.8 Å². The van der Waals surface area contributed by atoms with Crippen LogP contribution in [0, 0.1) is 11.8 Å². The second-order valence-corrected chi connectivity index (χ2v) is 17.7. The number of esters is 2.